The second kappa shape index (κ2) is 6.38. The molecule has 0 bridgehead atoms. The van der Waals surface area contributed by atoms with Crippen LogP contribution in [0.3, 0.4) is 0 Å². The van der Waals surface area contributed by atoms with E-state index in [-0.39, 0.29) is 0 Å². The summed E-state index contributed by atoms with van der Waals surface area (Å²) in [4.78, 5) is 7.11. The molecule has 0 atom stereocenters. The Hall–Kier alpha value is -1.09. The first-order valence-corrected chi connectivity index (χ1v) is 7.52. The monoisotopic (exact) mass is 261 g/mol. The van der Waals surface area contributed by atoms with Crippen molar-refractivity contribution in [2.45, 2.75) is 40.0 Å². The van der Waals surface area contributed by atoms with Crippen LogP contribution in [0.5, 0.6) is 0 Å². The third-order valence-corrected chi connectivity index (χ3v) is 4.32. The van der Waals surface area contributed by atoms with Crippen LogP contribution in [0, 0.1) is 18.8 Å². The van der Waals surface area contributed by atoms with E-state index in [1.807, 2.05) is 6.20 Å². The van der Waals surface area contributed by atoms with Crippen LogP contribution in [0.4, 0.5) is 5.82 Å². The molecule has 0 radical (unpaired) electrons. The van der Waals surface area contributed by atoms with Gasteiger partial charge in [-0.05, 0) is 55.7 Å². The van der Waals surface area contributed by atoms with Crippen LogP contribution in [0.2, 0.25) is 0 Å². The minimum absolute atomic E-state index is 0.695. The molecule has 2 rings (SSSR count). The molecule has 1 saturated heterocycles. The van der Waals surface area contributed by atoms with Gasteiger partial charge in [-0.3, -0.25) is 0 Å². The lowest BCUT2D eigenvalue weighted by molar-refractivity contribution is 0.310. The number of hydrogen-bond acceptors (Lipinski definition) is 3. The van der Waals surface area contributed by atoms with Gasteiger partial charge in [0.15, 0.2) is 0 Å². The average molecular weight is 261 g/mol. The van der Waals surface area contributed by atoms with Crippen molar-refractivity contribution in [3.8, 4) is 0 Å². The number of aryl methyl sites for hydroxylation is 1. The summed E-state index contributed by atoms with van der Waals surface area (Å²) in [6.07, 6.45) is 5.50. The van der Waals surface area contributed by atoms with Crippen molar-refractivity contribution >= 4 is 5.82 Å². The van der Waals surface area contributed by atoms with Gasteiger partial charge in [0.2, 0.25) is 0 Å². The van der Waals surface area contributed by atoms with E-state index in [9.17, 15) is 0 Å². The molecule has 1 aliphatic heterocycles. The Morgan fingerprint density at radius 2 is 2.05 bits per heavy atom. The van der Waals surface area contributed by atoms with Gasteiger partial charge in [0, 0.05) is 19.3 Å². The van der Waals surface area contributed by atoms with Gasteiger partial charge >= 0.3 is 0 Å². The SMILES string of the molecule is Cc1cc(CCN)cnc1N1CCC(C(C)C)CC1. The Morgan fingerprint density at radius 1 is 1.37 bits per heavy atom. The normalized spacial score (nSPS) is 17.2. The second-order valence-electron chi connectivity index (χ2n) is 6.09. The fraction of sp³-hybridized carbons (Fsp3) is 0.688. The molecule has 0 spiro atoms. The lowest BCUT2D eigenvalue weighted by Crippen LogP contribution is -2.36. The number of pyridine rings is 1. The molecule has 1 aliphatic rings. The highest BCUT2D eigenvalue weighted by Crippen LogP contribution is 2.28. The molecule has 0 unspecified atom stereocenters. The molecule has 1 aromatic rings. The lowest BCUT2D eigenvalue weighted by Gasteiger charge is -2.35. The van der Waals surface area contributed by atoms with E-state index in [1.165, 1.54) is 29.8 Å². The van der Waals surface area contributed by atoms with E-state index in [1.54, 1.807) is 0 Å². The van der Waals surface area contributed by atoms with Crippen LogP contribution in [0.1, 0.15) is 37.8 Å². The summed E-state index contributed by atoms with van der Waals surface area (Å²) in [6, 6.07) is 2.24. The molecule has 0 aromatic carbocycles. The number of aromatic nitrogens is 1. The zero-order valence-electron chi connectivity index (χ0n) is 12.5. The van der Waals surface area contributed by atoms with Gasteiger partial charge in [0.1, 0.15) is 5.82 Å². The lowest BCUT2D eigenvalue weighted by atomic mass is 9.86. The Morgan fingerprint density at radius 3 is 2.58 bits per heavy atom. The van der Waals surface area contributed by atoms with E-state index >= 15 is 0 Å². The molecule has 106 valence electrons. The van der Waals surface area contributed by atoms with Gasteiger partial charge < -0.3 is 10.6 Å². The highest BCUT2D eigenvalue weighted by molar-refractivity contribution is 5.47. The first kappa shape index (κ1) is 14.3. The predicted octanol–water partition coefficient (Wildman–Crippen LogP) is 2.76. The maximum absolute atomic E-state index is 5.60. The molecule has 0 amide bonds. The van der Waals surface area contributed by atoms with Crippen LogP contribution < -0.4 is 10.6 Å². The van der Waals surface area contributed by atoms with Gasteiger partial charge in [-0.15, -0.1) is 0 Å². The van der Waals surface area contributed by atoms with Crippen LogP contribution in [-0.2, 0) is 6.42 Å². The van der Waals surface area contributed by atoms with Gasteiger partial charge in [-0.1, -0.05) is 19.9 Å². The Balaban J connectivity index is 2.03. The molecule has 19 heavy (non-hydrogen) atoms. The minimum Gasteiger partial charge on any atom is -0.356 e. The van der Waals surface area contributed by atoms with E-state index in [2.05, 4.69) is 36.7 Å². The Labute approximate surface area is 117 Å². The summed E-state index contributed by atoms with van der Waals surface area (Å²) >= 11 is 0. The smallest absolute Gasteiger partial charge is 0.131 e. The van der Waals surface area contributed by atoms with Crippen molar-refractivity contribution in [3.05, 3.63) is 23.4 Å². The minimum atomic E-state index is 0.695. The largest absolute Gasteiger partial charge is 0.356 e. The number of piperidine rings is 1. The topological polar surface area (TPSA) is 42.1 Å². The zero-order valence-corrected chi connectivity index (χ0v) is 12.5. The summed E-state index contributed by atoms with van der Waals surface area (Å²) in [5, 5.41) is 0. The number of nitrogens with zero attached hydrogens (tertiary/aromatic N) is 2. The van der Waals surface area contributed by atoms with E-state index in [4.69, 9.17) is 5.73 Å². The quantitative estimate of drug-likeness (QED) is 0.906. The first-order valence-electron chi connectivity index (χ1n) is 7.52. The number of hydrogen-bond donors (Lipinski definition) is 1. The molecule has 0 aliphatic carbocycles. The van der Waals surface area contributed by atoms with E-state index < -0.39 is 0 Å². The Bertz CT molecular complexity index is 406. The highest BCUT2D eigenvalue weighted by atomic mass is 15.2. The van der Waals surface area contributed by atoms with Gasteiger partial charge in [0.25, 0.3) is 0 Å². The number of nitrogens with two attached hydrogens (primary N) is 1. The second-order valence-corrected chi connectivity index (χ2v) is 6.09. The van der Waals surface area contributed by atoms with Gasteiger partial charge in [-0.25, -0.2) is 4.98 Å². The molecule has 0 saturated carbocycles. The molecule has 3 nitrogen and oxygen atoms in total. The predicted molar refractivity (Wildman–Crippen MR) is 81.5 cm³/mol. The van der Waals surface area contributed by atoms with Crippen molar-refractivity contribution < 1.29 is 0 Å². The molecule has 1 fully saturated rings. The first-order chi connectivity index (χ1) is 9.11. The fourth-order valence-electron chi connectivity index (χ4n) is 3.04. The molecule has 1 aromatic heterocycles. The van der Waals surface area contributed by atoms with Crippen LogP contribution in [0.25, 0.3) is 0 Å². The van der Waals surface area contributed by atoms with Crippen molar-refractivity contribution in [3.63, 3.8) is 0 Å². The molecule has 2 N–H and O–H groups in total. The number of rotatable bonds is 4. The fourth-order valence-corrected chi connectivity index (χ4v) is 3.04. The van der Waals surface area contributed by atoms with Crippen molar-refractivity contribution in [1.29, 1.82) is 0 Å². The Kier molecular flexibility index (Phi) is 4.81. The summed E-state index contributed by atoms with van der Waals surface area (Å²) in [6.45, 7) is 9.83. The third kappa shape index (κ3) is 3.47. The number of anilines is 1. The average Bonchev–Trinajstić information content (AvgIpc) is 2.39. The summed E-state index contributed by atoms with van der Waals surface area (Å²) < 4.78 is 0. The third-order valence-electron chi connectivity index (χ3n) is 4.32. The van der Waals surface area contributed by atoms with Crippen LogP contribution in [0.15, 0.2) is 12.3 Å². The molecule has 2 heterocycles. The standard InChI is InChI=1S/C16H27N3/c1-12(2)15-5-8-19(9-6-15)16-13(3)10-14(4-7-17)11-18-16/h10-12,15H,4-9,17H2,1-3H3. The molecule has 3 heteroatoms. The molecular formula is C16H27N3. The summed E-state index contributed by atoms with van der Waals surface area (Å²) in [5.41, 5.74) is 8.13. The van der Waals surface area contributed by atoms with Crippen LogP contribution >= 0.6 is 0 Å². The molecular weight excluding hydrogens is 234 g/mol. The van der Waals surface area contributed by atoms with Crippen molar-refractivity contribution in [2.24, 2.45) is 17.6 Å². The van der Waals surface area contributed by atoms with Gasteiger partial charge in [-0.2, -0.15) is 0 Å². The zero-order chi connectivity index (χ0) is 13.8. The van der Waals surface area contributed by atoms with E-state index in [0.717, 1.165) is 31.3 Å². The summed E-state index contributed by atoms with van der Waals surface area (Å²) in [7, 11) is 0. The van der Waals surface area contributed by atoms with Crippen molar-refractivity contribution in [1.82, 2.24) is 4.98 Å². The summed E-state index contributed by atoms with van der Waals surface area (Å²) in [5.74, 6) is 2.86. The van der Waals surface area contributed by atoms with Gasteiger partial charge in [0.05, 0.1) is 0 Å². The maximum atomic E-state index is 5.60. The van der Waals surface area contributed by atoms with E-state index in [0.29, 0.717) is 6.54 Å². The maximum Gasteiger partial charge on any atom is 0.131 e. The van der Waals surface area contributed by atoms with Crippen LogP contribution in [-0.4, -0.2) is 24.6 Å². The highest BCUT2D eigenvalue weighted by Gasteiger charge is 2.23. The van der Waals surface area contributed by atoms with Crippen molar-refractivity contribution in [2.75, 3.05) is 24.5 Å².